The minimum Gasteiger partial charge on any atom is -0.383 e. The topological polar surface area (TPSA) is 57.3 Å². The number of amides is 1. The molecule has 3 rings (SSSR count). The Bertz CT molecular complexity index is 876. The molecule has 0 radical (unpaired) electrons. The van der Waals surface area contributed by atoms with Crippen LogP contribution in [0.2, 0.25) is 0 Å². The second-order valence-corrected chi connectivity index (χ2v) is 6.52. The predicted octanol–water partition coefficient (Wildman–Crippen LogP) is 4.05. The van der Waals surface area contributed by atoms with Gasteiger partial charge >= 0.3 is 0 Å². The van der Waals surface area contributed by atoms with Gasteiger partial charge in [0.25, 0.3) is 5.91 Å². The summed E-state index contributed by atoms with van der Waals surface area (Å²) in [5.74, 6) is -0.174. The van der Waals surface area contributed by atoms with E-state index in [4.69, 9.17) is 0 Å². The third-order valence-corrected chi connectivity index (χ3v) is 4.23. The van der Waals surface area contributed by atoms with Gasteiger partial charge in [0.2, 0.25) is 0 Å². The standard InChI is InChI=1S/C22H24N4O/c1-26(2)21-10-8-19(9-11-21)25-22(27)18-14-20(16-23-15-18)24-13-12-17-6-4-3-5-7-17/h3-11,14-16,24H,12-13H2,1-2H3,(H,25,27). The molecule has 0 bridgehead atoms. The zero-order chi connectivity index (χ0) is 19.1. The molecule has 0 saturated heterocycles. The van der Waals surface area contributed by atoms with Crippen molar-refractivity contribution in [1.82, 2.24) is 4.98 Å². The smallest absolute Gasteiger partial charge is 0.257 e. The van der Waals surface area contributed by atoms with Crippen LogP contribution in [-0.4, -0.2) is 31.5 Å². The fraction of sp³-hybridized carbons (Fsp3) is 0.182. The molecule has 2 aromatic carbocycles. The van der Waals surface area contributed by atoms with Gasteiger partial charge in [0.05, 0.1) is 11.3 Å². The monoisotopic (exact) mass is 360 g/mol. The van der Waals surface area contributed by atoms with Crippen molar-refractivity contribution >= 4 is 23.0 Å². The van der Waals surface area contributed by atoms with Crippen LogP contribution in [0, 0.1) is 0 Å². The normalized spacial score (nSPS) is 10.3. The number of hydrogen-bond donors (Lipinski definition) is 2. The number of aromatic nitrogens is 1. The Balaban J connectivity index is 1.58. The summed E-state index contributed by atoms with van der Waals surface area (Å²) in [5.41, 5.74) is 4.47. The molecule has 0 spiro atoms. The van der Waals surface area contributed by atoms with Gasteiger partial charge in [-0.2, -0.15) is 0 Å². The first kappa shape index (κ1) is 18.5. The van der Waals surface area contributed by atoms with E-state index in [2.05, 4.69) is 27.8 Å². The maximum absolute atomic E-state index is 12.5. The minimum atomic E-state index is -0.174. The summed E-state index contributed by atoms with van der Waals surface area (Å²) in [4.78, 5) is 18.7. The fourth-order valence-electron chi connectivity index (χ4n) is 2.70. The summed E-state index contributed by atoms with van der Waals surface area (Å²) in [6, 6.07) is 19.8. The predicted molar refractivity (Wildman–Crippen MR) is 112 cm³/mol. The van der Waals surface area contributed by atoms with Crippen LogP contribution in [0.1, 0.15) is 15.9 Å². The average Bonchev–Trinajstić information content (AvgIpc) is 2.69. The average molecular weight is 360 g/mol. The van der Waals surface area contributed by atoms with E-state index in [1.807, 2.05) is 67.5 Å². The van der Waals surface area contributed by atoms with E-state index in [1.165, 1.54) is 5.56 Å². The van der Waals surface area contributed by atoms with Gasteiger partial charge in [-0.1, -0.05) is 30.3 Å². The van der Waals surface area contributed by atoms with Crippen molar-refractivity contribution in [3.8, 4) is 0 Å². The van der Waals surface area contributed by atoms with E-state index in [9.17, 15) is 4.79 Å². The zero-order valence-electron chi connectivity index (χ0n) is 15.6. The van der Waals surface area contributed by atoms with E-state index in [0.717, 1.165) is 30.0 Å². The number of carbonyl (C=O) groups is 1. The van der Waals surface area contributed by atoms with E-state index in [-0.39, 0.29) is 5.91 Å². The van der Waals surface area contributed by atoms with Gasteiger partial charge in [-0.25, -0.2) is 0 Å². The molecule has 5 nitrogen and oxygen atoms in total. The number of carbonyl (C=O) groups excluding carboxylic acids is 1. The zero-order valence-corrected chi connectivity index (χ0v) is 15.6. The van der Waals surface area contributed by atoms with Crippen LogP contribution in [0.25, 0.3) is 0 Å². The number of benzene rings is 2. The van der Waals surface area contributed by atoms with Crippen molar-refractivity contribution in [2.45, 2.75) is 6.42 Å². The van der Waals surface area contributed by atoms with E-state index < -0.39 is 0 Å². The quantitative estimate of drug-likeness (QED) is 0.667. The van der Waals surface area contributed by atoms with Crippen LogP contribution in [0.15, 0.2) is 73.1 Å². The summed E-state index contributed by atoms with van der Waals surface area (Å²) < 4.78 is 0. The molecule has 0 aliphatic heterocycles. The molecule has 0 saturated carbocycles. The lowest BCUT2D eigenvalue weighted by molar-refractivity contribution is 0.102. The SMILES string of the molecule is CN(C)c1ccc(NC(=O)c2cncc(NCCc3ccccc3)c2)cc1. The van der Waals surface area contributed by atoms with Crippen molar-refractivity contribution in [3.05, 3.63) is 84.2 Å². The largest absolute Gasteiger partial charge is 0.383 e. The molecule has 0 atom stereocenters. The van der Waals surface area contributed by atoms with Gasteiger partial charge in [0, 0.05) is 44.4 Å². The van der Waals surface area contributed by atoms with Crippen LogP contribution in [0.5, 0.6) is 0 Å². The molecule has 138 valence electrons. The first-order chi connectivity index (χ1) is 13.1. The minimum absolute atomic E-state index is 0.174. The van der Waals surface area contributed by atoms with Crippen LogP contribution in [-0.2, 0) is 6.42 Å². The Kier molecular flexibility index (Phi) is 6.05. The maximum Gasteiger partial charge on any atom is 0.257 e. The maximum atomic E-state index is 12.5. The highest BCUT2D eigenvalue weighted by Crippen LogP contribution is 2.17. The van der Waals surface area contributed by atoms with E-state index in [0.29, 0.717) is 5.56 Å². The molecule has 1 heterocycles. The molecule has 0 aliphatic rings. The van der Waals surface area contributed by atoms with Crippen molar-refractivity contribution in [2.75, 3.05) is 36.2 Å². The number of nitrogens with zero attached hydrogens (tertiary/aromatic N) is 2. The van der Waals surface area contributed by atoms with E-state index in [1.54, 1.807) is 12.4 Å². The van der Waals surface area contributed by atoms with Crippen molar-refractivity contribution in [2.24, 2.45) is 0 Å². The molecular weight excluding hydrogens is 336 g/mol. The van der Waals surface area contributed by atoms with Gasteiger partial charge in [-0.05, 0) is 42.3 Å². The lowest BCUT2D eigenvalue weighted by Crippen LogP contribution is -2.14. The highest BCUT2D eigenvalue weighted by Gasteiger charge is 2.08. The Hall–Kier alpha value is -3.34. The summed E-state index contributed by atoms with van der Waals surface area (Å²) in [6.45, 7) is 0.781. The summed E-state index contributed by atoms with van der Waals surface area (Å²) in [7, 11) is 3.96. The molecule has 5 heteroatoms. The van der Waals surface area contributed by atoms with Crippen molar-refractivity contribution < 1.29 is 4.79 Å². The Morgan fingerprint density at radius 1 is 0.963 bits per heavy atom. The molecule has 0 aliphatic carbocycles. The van der Waals surface area contributed by atoms with Gasteiger partial charge < -0.3 is 15.5 Å². The van der Waals surface area contributed by atoms with Gasteiger partial charge in [-0.15, -0.1) is 0 Å². The number of rotatable bonds is 7. The first-order valence-corrected chi connectivity index (χ1v) is 8.93. The Labute approximate surface area is 160 Å². The molecular formula is C22H24N4O. The summed E-state index contributed by atoms with van der Waals surface area (Å²) in [6.07, 6.45) is 4.22. The van der Waals surface area contributed by atoms with Gasteiger partial charge in [0.15, 0.2) is 0 Å². The number of nitrogens with one attached hydrogen (secondary N) is 2. The molecule has 1 amide bonds. The molecule has 3 aromatic rings. The lowest BCUT2D eigenvalue weighted by atomic mass is 10.1. The van der Waals surface area contributed by atoms with E-state index >= 15 is 0 Å². The second kappa shape index (κ2) is 8.85. The molecule has 0 fully saturated rings. The summed E-state index contributed by atoms with van der Waals surface area (Å²) >= 11 is 0. The second-order valence-electron chi connectivity index (χ2n) is 6.52. The summed E-state index contributed by atoms with van der Waals surface area (Å²) in [5, 5.41) is 6.23. The lowest BCUT2D eigenvalue weighted by Gasteiger charge is -2.13. The van der Waals surface area contributed by atoms with Gasteiger partial charge in [-0.3, -0.25) is 9.78 Å². The highest BCUT2D eigenvalue weighted by molar-refractivity contribution is 6.04. The first-order valence-electron chi connectivity index (χ1n) is 8.93. The molecule has 1 aromatic heterocycles. The Morgan fingerprint density at radius 3 is 2.41 bits per heavy atom. The van der Waals surface area contributed by atoms with Crippen LogP contribution >= 0.6 is 0 Å². The van der Waals surface area contributed by atoms with Crippen molar-refractivity contribution in [1.29, 1.82) is 0 Å². The molecule has 2 N–H and O–H groups in total. The molecule has 0 unspecified atom stereocenters. The van der Waals surface area contributed by atoms with Crippen LogP contribution in [0.4, 0.5) is 17.1 Å². The number of hydrogen-bond acceptors (Lipinski definition) is 4. The fourth-order valence-corrected chi connectivity index (χ4v) is 2.70. The molecule has 27 heavy (non-hydrogen) atoms. The van der Waals surface area contributed by atoms with Gasteiger partial charge in [0.1, 0.15) is 0 Å². The van der Waals surface area contributed by atoms with Crippen LogP contribution in [0.3, 0.4) is 0 Å². The Morgan fingerprint density at radius 2 is 1.70 bits per heavy atom. The number of pyridine rings is 1. The number of anilines is 3. The third-order valence-electron chi connectivity index (χ3n) is 4.23. The van der Waals surface area contributed by atoms with Crippen LogP contribution < -0.4 is 15.5 Å². The third kappa shape index (κ3) is 5.31. The highest BCUT2D eigenvalue weighted by atomic mass is 16.1. The van der Waals surface area contributed by atoms with Crippen molar-refractivity contribution in [3.63, 3.8) is 0 Å².